The van der Waals surface area contributed by atoms with E-state index >= 15 is 0 Å². The molecule has 6 aromatic carbocycles. The highest BCUT2D eigenvalue weighted by Crippen LogP contribution is 2.35. The summed E-state index contributed by atoms with van der Waals surface area (Å²) in [6.45, 7) is 0. The summed E-state index contributed by atoms with van der Waals surface area (Å²) in [6, 6.07) is 50.8. The van der Waals surface area contributed by atoms with E-state index < -0.39 is 0 Å². The Kier molecular flexibility index (Phi) is 11.2. The summed E-state index contributed by atoms with van der Waals surface area (Å²) >= 11 is 5.10. The van der Waals surface area contributed by atoms with E-state index in [1.807, 2.05) is 18.2 Å². The highest BCUT2D eigenvalue weighted by atomic mass is 32.1. The quantitative estimate of drug-likeness (QED) is 0.115. The molecule has 9 aromatic rings. The van der Waals surface area contributed by atoms with E-state index in [4.69, 9.17) is 15.0 Å². The van der Waals surface area contributed by atoms with Crippen LogP contribution in [-0.4, -0.2) is 15.0 Å². The third kappa shape index (κ3) is 8.93. The van der Waals surface area contributed by atoms with Gasteiger partial charge in [-0.3, -0.25) is 0 Å². The predicted molar refractivity (Wildman–Crippen MR) is 254 cm³/mol. The lowest BCUT2D eigenvalue weighted by Crippen LogP contribution is -2.09. The molecule has 3 aromatic heterocycles. The summed E-state index contributed by atoms with van der Waals surface area (Å²) in [5.74, 6) is 0. The van der Waals surface area contributed by atoms with Crippen molar-refractivity contribution in [2.45, 2.75) is 0 Å². The van der Waals surface area contributed by atoms with E-state index in [-0.39, 0.29) is 0 Å². The fourth-order valence-corrected chi connectivity index (χ4v) is 9.09. The molecular formula is C51H36N4S3. The van der Waals surface area contributed by atoms with Gasteiger partial charge >= 0.3 is 0 Å². The predicted octanol–water partition coefficient (Wildman–Crippen LogP) is 15.2. The zero-order valence-corrected chi connectivity index (χ0v) is 33.7. The van der Waals surface area contributed by atoms with E-state index in [9.17, 15) is 0 Å². The van der Waals surface area contributed by atoms with E-state index in [0.717, 1.165) is 65.3 Å². The van der Waals surface area contributed by atoms with Crippen LogP contribution in [0, 0.1) is 0 Å². The second-order valence-corrected chi connectivity index (χ2v) is 16.5. The fraction of sp³-hybridized carbons (Fsp3) is 0. The summed E-state index contributed by atoms with van der Waals surface area (Å²) in [5, 5.41) is 3.00. The van der Waals surface area contributed by atoms with Crippen molar-refractivity contribution in [1.82, 2.24) is 15.0 Å². The summed E-state index contributed by atoms with van der Waals surface area (Å²) < 4.78 is 3.60. The first kappa shape index (κ1) is 36.8. The molecular weight excluding hydrogens is 765 g/mol. The van der Waals surface area contributed by atoms with Gasteiger partial charge in [0.05, 0.1) is 30.6 Å². The Morgan fingerprint density at radius 1 is 0.310 bits per heavy atom. The van der Waals surface area contributed by atoms with Gasteiger partial charge in [0.15, 0.2) is 0 Å². The zero-order valence-electron chi connectivity index (χ0n) is 31.3. The minimum absolute atomic E-state index is 1.00. The average Bonchev–Trinajstić information content (AvgIpc) is 4.00. The molecule has 0 spiro atoms. The molecule has 0 unspecified atom stereocenters. The van der Waals surface area contributed by atoms with Crippen molar-refractivity contribution in [3.05, 3.63) is 214 Å². The first-order valence-corrected chi connectivity index (χ1v) is 21.4. The maximum absolute atomic E-state index is 4.71. The number of thiazole rings is 3. The lowest BCUT2D eigenvalue weighted by atomic mass is 10.1. The van der Waals surface area contributed by atoms with Crippen LogP contribution in [0.25, 0.3) is 67.1 Å². The number of fused-ring (bicyclic) bond motifs is 3. The van der Waals surface area contributed by atoms with Crippen molar-refractivity contribution in [2.24, 2.45) is 0 Å². The number of rotatable bonds is 12. The number of benzene rings is 6. The summed E-state index contributed by atoms with van der Waals surface area (Å²) in [5.41, 5.74) is 9.70. The van der Waals surface area contributed by atoms with Crippen LogP contribution in [0.2, 0.25) is 0 Å². The molecule has 0 saturated heterocycles. The van der Waals surface area contributed by atoms with Crippen molar-refractivity contribution in [3.63, 3.8) is 0 Å². The number of nitrogens with zero attached hydrogens (tertiary/aromatic N) is 4. The molecule has 9 rings (SSSR count). The molecule has 7 heteroatoms. The first-order chi connectivity index (χ1) is 28.7. The van der Waals surface area contributed by atoms with Gasteiger partial charge in [-0.25, -0.2) is 15.0 Å². The smallest absolute Gasteiger partial charge is 0.117 e. The second kappa shape index (κ2) is 17.6. The maximum atomic E-state index is 4.71. The molecule has 58 heavy (non-hydrogen) atoms. The van der Waals surface area contributed by atoms with Crippen LogP contribution < -0.4 is 4.90 Å². The van der Waals surface area contributed by atoms with E-state index in [2.05, 4.69) is 205 Å². The molecule has 0 aliphatic carbocycles. The number of anilines is 3. The number of hydrogen-bond donors (Lipinski definition) is 0. The number of allylic oxidation sites excluding steroid dienone is 6. The number of hydrogen-bond acceptors (Lipinski definition) is 7. The second-order valence-electron chi connectivity index (χ2n) is 13.3. The third-order valence-corrected chi connectivity index (χ3v) is 12.3. The van der Waals surface area contributed by atoms with E-state index in [1.165, 1.54) is 14.1 Å². The van der Waals surface area contributed by atoms with Crippen molar-refractivity contribution in [3.8, 4) is 0 Å². The summed E-state index contributed by atoms with van der Waals surface area (Å²) in [4.78, 5) is 16.4. The van der Waals surface area contributed by atoms with E-state index in [1.54, 1.807) is 34.0 Å². The molecule has 278 valence electrons. The third-order valence-electron chi connectivity index (χ3n) is 9.30. The first-order valence-electron chi connectivity index (χ1n) is 18.9. The van der Waals surface area contributed by atoms with Crippen molar-refractivity contribution in [1.29, 1.82) is 0 Å². The van der Waals surface area contributed by atoms with Crippen molar-refractivity contribution < 1.29 is 0 Å². The van der Waals surface area contributed by atoms with Gasteiger partial charge in [0.2, 0.25) is 0 Å². The highest BCUT2D eigenvalue weighted by molar-refractivity contribution is 7.20. The Hall–Kier alpha value is -6.77. The molecule has 0 aliphatic heterocycles. The van der Waals surface area contributed by atoms with Crippen LogP contribution in [0.5, 0.6) is 0 Å². The minimum atomic E-state index is 1.00. The normalized spacial score (nSPS) is 12.4. The number of para-hydroxylation sites is 3. The van der Waals surface area contributed by atoms with Crippen LogP contribution in [-0.2, 0) is 0 Å². The molecule has 0 N–H and O–H groups in total. The van der Waals surface area contributed by atoms with Crippen LogP contribution >= 0.6 is 34.0 Å². The lowest BCUT2D eigenvalue weighted by molar-refractivity contribution is 1.28. The zero-order chi connectivity index (χ0) is 38.9. The molecule has 0 radical (unpaired) electrons. The van der Waals surface area contributed by atoms with Gasteiger partial charge in [0.25, 0.3) is 0 Å². The van der Waals surface area contributed by atoms with Gasteiger partial charge in [-0.2, -0.15) is 0 Å². The molecule has 0 amide bonds. The monoisotopic (exact) mass is 800 g/mol. The minimum Gasteiger partial charge on any atom is -0.311 e. The Labute approximate surface area is 349 Å². The van der Waals surface area contributed by atoms with Gasteiger partial charge in [-0.1, -0.05) is 127 Å². The molecule has 0 atom stereocenters. The Morgan fingerprint density at radius 2 is 0.586 bits per heavy atom. The molecule has 4 nitrogen and oxygen atoms in total. The SMILES string of the molecule is C(/C=C/c1nc2ccccc2s1)=C\c1ccc(N(c2ccc(/C=C/C=C/c3nc4ccccc4s3)cc2)c2ccc(/C=C/C=C/c3nc4ccccc4s3)cc2)cc1. The topological polar surface area (TPSA) is 41.9 Å². The summed E-state index contributed by atoms with van der Waals surface area (Å²) in [6.07, 6.45) is 24.9. The standard InChI is InChI=1S/C51H36N4S3/c1(10-22-49-52-43-16-4-7-19-46(43)56-49)13-37-25-31-40(32-26-37)55(41-33-27-38(28-34-41)14-2-11-23-50-53-44-17-5-8-20-47(44)57-50)42-35-29-39(30-36-42)15-3-12-24-51-54-45-18-6-9-21-48(45)58-51/h1-36H/b13-1+,14-2+,15-3+,22-10+,23-11+,24-12+. The maximum Gasteiger partial charge on any atom is 0.117 e. The lowest BCUT2D eigenvalue weighted by Gasteiger charge is -2.26. The van der Waals surface area contributed by atoms with Gasteiger partial charge in [0.1, 0.15) is 15.0 Å². The van der Waals surface area contributed by atoms with Crippen molar-refractivity contribution >= 4 is 118 Å². The number of aromatic nitrogens is 3. The summed E-state index contributed by atoms with van der Waals surface area (Å²) in [7, 11) is 0. The van der Waals surface area contributed by atoms with Gasteiger partial charge in [-0.05, 0) is 108 Å². The Bertz CT molecular complexity index is 2570. The van der Waals surface area contributed by atoms with Gasteiger partial charge in [-0.15, -0.1) is 34.0 Å². The average molecular weight is 801 g/mol. The molecule has 0 bridgehead atoms. The van der Waals surface area contributed by atoms with Crippen LogP contribution in [0.3, 0.4) is 0 Å². The molecule has 3 heterocycles. The largest absolute Gasteiger partial charge is 0.311 e. The Morgan fingerprint density at radius 3 is 0.879 bits per heavy atom. The Balaban J connectivity index is 0.920. The fourth-order valence-electron chi connectivity index (χ4n) is 6.45. The van der Waals surface area contributed by atoms with Crippen LogP contribution in [0.15, 0.2) is 182 Å². The van der Waals surface area contributed by atoms with Gasteiger partial charge < -0.3 is 4.90 Å². The molecule has 0 fully saturated rings. The highest BCUT2D eigenvalue weighted by Gasteiger charge is 2.12. The van der Waals surface area contributed by atoms with Crippen LogP contribution in [0.4, 0.5) is 17.1 Å². The van der Waals surface area contributed by atoms with Gasteiger partial charge in [0, 0.05) is 17.1 Å². The van der Waals surface area contributed by atoms with Crippen LogP contribution in [0.1, 0.15) is 31.7 Å². The van der Waals surface area contributed by atoms with Crippen molar-refractivity contribution in [2.75, 3.05) is 4.90 Å². The van der Waals surface area contributed by atoms with E-state index in [0.29, 0.717) is 0 Å². The molecule has 0 saturated carbocycles. The molecule has 0 aliphatic rings.